The van der Waals surface area contributed by atoms with E-state index in [-0.39, 0.29) is 22.8 Å². The smallest absolute Gasteiger partial charge is 0.270 e. The van der Waals surface area contributed by atoms with Gasteiger partial charge in [-0.05, 0) is 53.5 Å². The second-order valence-electron chi connectivity index (χ2n) is 9.19. The Morgan fingerprint density at radius 1 is 1.18 bits per heavy atom. The first-order valence-corrected chi connectivity index (χ1v) is 11.4. The molecule has 1 aliphatic carbocycles. The average Bonchev–Trinajstić information content (AvgIpc) is 3.09. The van der Waals surface area contributed by atoms with Crippen LogP contribution in [0.3, 0.4) is 0 Å². The van der Waals surface area contributed by atoms with Gasteiger partial charge in [0.2, 0.25) is 5.95 Å². The summed E-state index contributed by atoms with van der Waals surface area (Å²) in [5, 5.41) is 9.57. The Bertz CT molecular complexity index is 1310. The number of anilines is 1. The summed E-state index contributed by atoms with van der Waals surface area (Å²) in [5.41, 5.74) is 10.6. The quantitative estimate of drug-likeness (QED) is 0.599. The molecule has 2 aromatic carbocycles. The summed E-state index contributed by atoms with van der Waals surface area (Å²) < 4.78 is 1.60. The molecule has 1 saturated heterocycles. The van der Waals surface area contributed by atoms with Crippen molar-refractivity contribution in [3.05, 3.63) is 87.3 Å². The summed E-state index contributed by atoms with van der Waals surface area (Å²) in [4.78, 5) is 19.7. The van der Waals surface area contributed by atoms with E-state index in [1.54, 1.807) is 36.0 Å². The lowest BCUT2D eigenvalue weighted by Crippen LogP contribution is -2.46. The average molecular weight is 441 g/mol. The third-order valence-electron chi connectivity index (χ3n) is 7.20. The van der Waals surface area contributed by atoms with Crippen LogP contribution in [0.4, 0.5) is 5.95 Å². The summed E-state index contributed by atoms with van der Waals surface area (Å²) in [6.07, 6.45) is 5.01. The van der Waals surface area contributed by atoms with E-state index in [0.717, 1.165) is 37.9 Å². The van der Waals surface area contributed by atoms with E-state index in [1.807, 2.05) is 6.07 Å². The van der Waals surface area contributed by atoms with Crippen molar-refractivity contribution in [1.29, 1.82) is 0 Å². The van der Waals surface area contributed by atoms with Crippen molar-refractivity contribution in [3.63, 3.8) is 0 Å². The maximum absolute atomic E-state index is 12.9. The molecule has 168 valence electrons. The monoisotopic (exact) mass is 440 g/mol. The van der Waals surface area contributed by atoms with Crippen molar-refractivity contribution >= 4 is 5.95 Å². The van der Waals surface area contributed by atoms with E-state index in [0.29, 0.717) is 17.9 Å². The number of hydrogen-bond acceptors (Lipinski definition) is 5. The standard InChI is InChI=1S/C27H28N4O2/c1-30-25(33)21(9-4-6-19-7-5-10-22(32)16-19)18-29-26(30)31-14-12-27(13-15-31)17-20-8-2-3-11-23(20)24(27)28/h2-3,5,7-8,10-11,16,18,24,32H,6,12-15,17,28H2,1H3/t24-/m1/s1. The van der Waals surface area contributed by atoms with Crippen LogP contribution in [0.15, 0.2) is 59.5 Å². The second-order valence-corrected chi connectivity index (χ2v) is 9.19. The minimum atomic E-state index is -0.145. The van der Waals surface area contributed by atoms with E-state index in [4.69, 9.17) is 5.73 Å². The Labute approximate surface area is 193 Å². The molecule has 1 aliphatic heterocycles. The minimum absolute atomic E-state index is 0.0665. The van der Waals surface area contributed by atoms with Crippen LogP contribution in [0.25, 0.3) is 0 Å². The summed E-state index contributed by atoms with van der Waals surface area (Å²) in [6.45, 7) is 1.65. The zero-order valence-electron chi connectivity index (χ0n) is 18.8. The molecule has 1 atom stereocenters. The Morgan fingerprint density at radius 3 is 2.73 bits per heavy atom. The molecule has 33 heavy (non-hydrogen) atoms. The Kier molecular flexibility index (Phi) is 5.43. The number of aromatic nitrogens is 2. The SMILES string of the molecule is Cn1c(N2CCC3(CC2)Cc2ccccc2[C@H]3N)ncc(C#CCc2cccc(O)c2)c1=O. The van der Waals surface area contributed by atoms with Gasteiger partial charge in [-0.25, -0.2) is 4.98 Å². The van der Waals surface area contributed by atoms with Gasteiger partial charge in [0.25, 0.3) is 5.56 Å². The minimum Gasteiger partial charge on any atom is -0.508 e. The first kappa shape index (κ1) is 21.3. The van der Waals surface area contributed by atoms with Gasteiger partial charge >= 0.3 is 0 Å². The summed E-state index contributed by atoms with van der Waals surface area (Å²) in [6, 6.07) is 15.6. The molecule has 0 radical (unpaired) electrons. The number of nitrogens with two attached hydrogens (primary N) is 1. The van der Waals surface area contributed by atoms with Gasteiger partial charge in [0, 0.05) is 32.6 Å². The molecular formula is C27H28N4O2. The molecule has 1 spiro atoms. The van der Waals surface area contributed by atoms with E-state index in [9.17, 15) is 9.90 Å². The Balaban J connectivity index is 1.29. The van der Waals surface area contributed by atoms with Gasteiger partial charge in [0.05, 0.1) is 6.20 Å². The second kappa shape index (κ2) is 8.42. The molecule has 2 heterocycles. The van der Waals surface area contributed by atoms with Crippen LogP contribution in [0.2, 0.25) is 0 Å². The molecule has 1 aromatic heterocycles. The van der Waals surface area contributed by atoms with Crippen LogP contribution in [-0.4, -0.2) is 27.7 Å². The Hall–Kier alpha value is -3.56. The van der Waals surface area contributed by atoms with Gasteiger partial charge in [0.1, 0.15) is 11.3 Å². The molecule has 6 heteroatoms. The van der Waals surface area contributed by atoms with Crippen molar-refractivity contribution in [2.24, 2.45) is 18.2 Å². The van der Waals surface area contributed by atoms with Gasteiger partial charge in [-0.15, -0.1) is 0 Å². The fourth-order valence-electron chi connectivity index (χ4n) is 5.28. The highest BCUT2D eigenvalue weighted by atomic mass is 16.3. The highest BCUT2D eigenvalue weighted by Crippen LogP contribution is 2.50. The van der Waals surface area contributed by atoms with Crippen molar-refractivity contribution in [1.82, 2.24) is 9.55 Å². The molecule has 0 amide bonds. The summed E-state index contributed by atoms with van der Waals surface area (Å²) >= 11 is 0. The number of fused-ring (bicyclic) bond motifs is 1. The van der Waals surface area contributed by atoms with Crippen molar-refractivity contribution in [3.8, 4) is 17.6 Å². The Morgan fingerprint density at radius 2 is 1.97 bits per heavy atom. The highest BCUT2D eigenvalue weighted by Gasteiger charge is 2.46. The summed E-state index contributed by atoms with van der Waals surface area (Å²) in [5.74, 6) is 6.85. The zero-order valence-corrected chi connectivity index (χ0v) is 18.8. The van der Waals surface area contributed by atoms with Gasteiger partial charge < -0.3 is 15.7 Å². The van der Waals surface area contributed by atoms with E-state index in [2.05, 4.69) is 46.0 Å². The fourth-order valence-corrected chi connectivity index (χ4v) is 5.28. The van der Waals surface area contributed by atoms with Crippen LogP contribution in [0.1, 0.15) is 41.1 Å². The summed E-state index contributed by atoms with van der Waals surface area (Å²) in [7, 11) is 1.76. The lowest BCUT2D eigenvalue weighted by molar-refractivity contribution is 0.186. The molecule has 5 rings (SSSR count). The lowest BCUT2D eigenvalue weighted by Gasteiger charge is -2.42. The van der Waals surface area contributed by atoms with Crippen molar-refractivity contribution in [2.75, 3.05) is 18.0 Å². The number of nitrogens with zero attached hydrogens (tertiary/aromatic N) is 3. The third-order valence-corrected chi connectivity index (χ3v) is 7.20. The molecule has 1 fully saturated rings. The number of piperidine rings is 1. The maximum Gasteiger partial charge on any atom is 0.270 e. The van der Waals surface area contributed by atoms with Crippen LogP contribution < -0.4 is 16.2 Å². The van der Waals surface area contributed by atoms with Gasteiger partial charge in [0.15, 0.2) is 0 Å². The maximum atomic E-state index is 12.9. The van der Waals surface area contributed by atoms with E-state index < -0.39 is 0 Å². The van der Waals surface area contributed by atoms with Crippen molar-refractivity contribution in [2.45, 2.75) is 31.7 Å². The predicted molar refractivity (Wildman–Crippen MR) is 129 cm³/mol. The molecular weight excluding hydrogens is 412 g/mol. The molecule has 2 aliphatic rings. The number of aromatic hydroxyl groups is 1. The van der Waals surface area contributed by atoms with Crippen LogP contribution in [-0.2, 0) is 19.9 Å². The topological polar surface area (TPSA) is 84.4 Å². The number of rotatable bonds is 2. The van der Waals surface area contributed by atoms with E-state index >= 15 is 0 Å². The van der Waals surface area contributed by atoms with E-state index in [1.165, 1.54) is 11.1 Å². The first-order chi connectivity index (χ1) is 16.0. The van der Waals surface area contributed by atoms with Gasteiger partial charge in [-0.1, -0.05) is 48.2 Å². The number of phenolic OH excluding ortho intramolecular Hbond substituents is 1. The molecule has 0 saturated carbocycles. The number of hydrogen-bond donors (Lipinski definition) is 2. The number of phenols is 1. The third kappa shape index (κ3) is 3.90. The molecule has 3 N–H and O–H groups in total. The predicted octanol–water partition coefficient (Wildman–Crippen LogP) is 2.92. The first-order valence-electron chi connectivity index (χ1n) is 11.4. The normalized spacial score (nSPS) is 18.6. The van der Waals surface area contributed by atoms with Crippen molar-refractivity contribution < 1.29 is 5.11 Å². The van der Waals surface area contributed by atoms with Crippen LogP contribution in [0, 0.1) is 17.3 Å². The molecule has 0 bridgehead atoms. The lowest BCUT2D eigenvalue weighted by atomic mass is 9.73. The highest BCUT2D eigenvalue weighted by molar-refractivity contribution is 5.42. The van der Waals surface area contributed by atoms with Crippen LogP contribution >= 0.6 is 0 Å². The fraction of sp³-hybridized carbons (Fsp3) is 0.333. The van der Waals surface area contributed by atoms with Gasteiger partial charge in [-0.3, -0.25) is 9.36 Å². The molecule has 0 unspecified atom stereocenters. The molecule has 6 nitrogen and oxygen atoms in total. The van der Waals surface area contributed by atoms with Crippen LogP contribution in [0.5, 0.6) is 5.75 Å². The zero-order chi connectivity index (χ0) is 23.0. The largest absolute Gasteiger partial charge is 0.508 e. The number of benzene rings is 2. The van der Waals surface area contributed by atoms with Gasteiger partial charge in [-0.2, -0.15) is 0 Å². The molecule has 3 aromatic rings.